The molecule has 0 aromatic heterocycles. The fourth-order valence-electron chi connectivity index (χ4n) is 5.26. The van der Waals surface area contributed by atoms with E-state index in [4.69, 9.17) is 24.4 Å². The van der Waals surface area contributed by atoms with Crippen LogP contribution in [-0.4, -0.2) is 42.2 Å². The predicted octanol–water partition coefficient (Wildman–Crippen LogP) is 14.3. The van der Waals surface area contributed by atoms with Crippen LogP contribution in [0.1, 0.15) is 124 Å². The van der Waals surface area contributed by atoms with Gasteiger partial charge in [-0.15, -0.1) is 18.2 Å². The first-order chi connectivity index (χ1) is 27.7. The fourth-order valence-corrected chi connectivity index (χ4v) is 5.26. The predicted molar refractivity (Wildman–Crippen MR) is 235 cm³/mol. The van der Waals surface area contributed by atoms with Crippen LogP contribution in [0.15, 0.2) is 111 Å². The number of aliphatic hydroxyl groups is 2. The van der Waals surface area contributed by atoms with Crippen LogP contribution in [0, 0.1) is 13.0 Å². The minimum Gasteiger partial charge on any atom is -0.551 e. The van der Waals surface area contributed by atoms with Gasteiger partial charge < -0.3 is 24.4 Å². The molecule has 0 aliphatic rings. The molecule has 9 nitrogen and oxygen atoms in total. The largest absolute Gasteiger partial charge is 0.551 e. The van der Waals surface area contributed by atoms with Gasteiger partial charge in [0.2, 0.25) is 0 Å². The number of unbranched alkanes of at least 4 members (excludes halogenated alkanes) is 9. The number of nitrogens with zero attached hydrogens (tertiary/aromatic N) is 4. The molecular formula is C48H69N4O5Pd-. The standard InChI is InChI=1S/C24H33N2O2.C19H24N2O.C5H12O2.Pd/c1-3-5-7-9-19-27-23-15-11-21(12-16-23)25-26-22-13-17-24(18-14-22)28-20-10-8-6-4-2;1-3-4-5-6-15-22-19-13-11-18(12-14-19)21-20-17-9-7-16(2)8-10-17;1-4(6)3-5(2)7;/h11-13,15-18H,3-10,19-20H2,1-2H3;7-14H,3-6,15H2,1-2H3;4-7H,3H2,1-2H3;/q-1;;;. The van der Waals surface area contributed by atoms with Gasteiger partial charge in [0.1, 0.15) is 11.5 Å². The van der Waals surface area contributed by atoms with E-state index >= 15 is 0 Å². The minimum absolute atomic E-state index is 0. The third-order valence-electron chi connectivity index (χ3n) is 8.51. The Morgan fingerprint density at radius 2 is 0.845 bits per heavy atom. The van der Waals surface area contributed by atoms with Crippen molar-refractivity contribution in [3.05, 3.63) is 103 Å². The average molecular weight is 889 g/mol. The zero-order valence-electron chi connectivity index (χ0n) is 35.9. The summed E-state index contributed by atoms with van der Waals surface area (Å²) in [5.74, 6) is 2.60. The van der Waals surface area contributed by atoms with Crippen LogP contribution in [0.2, 0.25) is 0 Å². The minimum atomic E-state index is -0.375. The van der Waals surface area contributed by atoms with Gasteiger partial charge in [-0.05, 0) is 113 Å². The molecule has 0 bridgehead atoms. The molecule has 0 heterocycles. The number of hydrogen-bond acceptors (Lipinski definition) is 9. The van der Waals surface area contributed by atoms with Gasteiger partial charge >= 0.3 is 0 Å². The van der Waals surface area contributed by atoms with Crippen LogP contribution in [0.25, 0.3) is 0 Å². The number of hydrogen-bond donors (Lipinski definition) is 2. The van der Waals surface area contributed by atoms with Gasteiger partial charge in [0.05, 0.1) is 49.1 Å². The Morgan fingerprint density at radius 1 is 0.483 bits per heavy atom. The second-order valence-corrected chi connectivity index (χ2v) is 14.3. The summed E-state index contributed by atoms with van der Waals surface area (Å²) in [6.07, 6.45) is 14.2. The van der Waals surface area contributed by atoms with Crippen LogP contribution < -0.4 is 14.2 Å². The maximum atomic E-state index is 8.56. The number of benzene rings is 4. The van der Waals surface area contributed by atoms with Gasteiger partial charge in [0, 0.05) is 26.2 Å². The van der Waals surface area contributed by atoms with E-state index in [1.54, 1.807) is 13.8 Å². The quantitative estimate of drug-likeness (QED) is 0.0314. The molecule has 58 heavy (non-hydrogen) atoms. The summed E-state index contributed by atoms with van der Waals surface area (Å²) in [5, 5.41) is 34.1. The molecule has 2 unspecified atom stereocenters. The topological polar surface area (TPSA) is 118 Å². The Bertz CT molecular complexity index is 1530. The van der Waals surface area contributed by atoms with Gasteiger partial charge in [-0.1, -0.05) is 96.3 Å². The molecule has 0 aliphatic carbocycles. The summed E-state index contributed by atoms with van der Waals surface area (Å²) < 4.78 is 17.2. The second-order valence-electron chi connectivity index (χ2n) is 14.3. The maximum Gasteiger partial charge on any atom is 0.119 e. The monoisotopic (exact) mass is 887 g/mol. The smallest absolute Gasteiger partial charge is 0.119 e. The summed E-state index contributed by atoms with van der Waals surface area (Å²) in [4.78, 5) is 0. The summed E-state index contributed by atoms with van der Waals surface area (Å²) in [6.45, 7) is 14.3. The molecule has 4 rings (SSSR count). The van der Waals surface area contributed by atoms with Gasteiger partial charge in [0.25, 0.3) is 0 Å². The van der Waals surface area contributed by atoms with E-state index in [9.17, 15) is 0 Å². The third-order valence-corrected chi connectivity index (χ3v) is 8.51. The Kier molecular flexibility index (Phi) is 30.5. The molecule has 322 valence electrons. The molecule has 0 radical (unpaired) electrons. The summed E-state index contributed by atoms with van der Waals surface area (Å²) in [5.41, 5.74) is 4.40. The fraction of sp³-hybridized carbons (Fsp3) is 0.500. The molecule has 0 amide bonds. The Morgan fingerprint density at radius 3 is 1.19 bits per heavy atom. The van der Waals surface area contributed by atoms with Crippen LogP contribution in [-0.2, 0) is 20.4 Å². The second kappa shape index (κ2) is 34.0. The first-order valence-electron chi connectivity index (χ1n) is 21.1. The summed E-state index contributed by atoms with van der Waals surface area (Å²) >= 11 is 0. The molecule has 0 spiro atoms. The normalized spacial score (nSPS) is 11.8. The summed E-state index contributed by atoms with van der Waals surface area (Å²) in [6, 6.07) is 32.2. The third kappa shape index (κ3) is 26.9. The molecule has 0 saturated carbocycles. The van der Waals surface area contributed by atoms with Crippen molar-refractivity contribution in [1.82, 2.24) is 0 Å². The number of rotatable bonds is 24. The molecular weight excluding hydrogens is 819 g/mol. The van der Waals surface area contributed by atoms with Crippen molar-refractivity contribution in [3.8, 4) is 17.2 Å². The van der Waals surface area contributed by atoms with Gasteiger partial charge in [-0.2, -0.15) is 26.5 Å². The van der Waals surface area contributed by atoms with Gasteiger partial charge in [0.15, 0.2) is 0 Å². The molecule has 4 aromatic rings. The van der Waals surface area contributed by atoms with E-state index in [0.717, 1.165) is 73.4 Å². The van der Waals surface area contributed by atoms with Crippen molar-refractivity contribution in [1.29, 1.82) is 0 Å². The van der Waals surface area contributed by atoms with E-state index in [0.29, 0.717) is 12.1 Å². The van der Waals surface area contributed by atoms with Crippen LogP contribution >= 0.6 is 0 Å². The van der Waals surface area contributed by atoms with Crippen LogP contribution in [0.4, 0.5) is 22.7 Å². The zero-order chi connectivity index (χ0) is 41.4. The van der Waals surface area contributed by atoms with Gasteiger partial charge in [-0.3, -0.25) is 0 Å². The molecule has 0 fully saturated rings. The zero-order valence-corrected chi connectivity index (χ0v) is 37.4. The van der Waals surface area contributed by atoms with Crippen LogP contribution in [0.5, 0.6) is 17.2 Å². The molecule has 2 atom stereocenters. The maximum absolute atomic E-state index is 8.56. The van der Waals surface area contributed by atoms with E-state index < -0.39 is 0 Å². The Labute approximate surface area is 363 Å². The number of ether oxygens (including phenoxy) is 3. The van der Waals surface area contributed by atoms with E-state index in [-0.39, 0.29) is 32.6 Å². The number of aliphatic hydroxyl groups excluding tert-OH is 2. The van der Waals surface area contributed by atoms with Crippen LogP contribution in [0.3, 0.4) is 0 Å². The van der Waals surface area contributed by atoms with Gasteiger partial charge in [-0.25, -0.2) is 0 Å². The van der Waals surface area contributed by atoms with Crippen molar-refractivity contribution in [2.24, 2.45) is 20.5 Å². The van der Waals surface area contributed by atoms with Crippen molar-refractivity contribution in [3.63, 3.8) is 0 Å². The Hall–Kier alpha value is -3.94. The van der Waals surface area contributed by atoms with Crippen molar-refractivity contribution >= 4 is 22.7 Å². The molecule has 0 saturated heterocycles. The first kappa shape index (κ1) is 52.1. The first-order valence-corrected chi connectivity index (χ1v) is 21.1. The van der Waals surface area contributed by atoms with E-state index in [1.165, 1.54) is 63.4 Å². The average Bonchev–Trinajstić information content (AvgIpc) is 3.21. The molecule has 10 heteroatoms. The summed E-state index contributed by atoms with van der Waals surface area (Å²) in [7, 11) is 0. The Balaban J connectivity index is 0.000000500. The van der Waals surface area contributed by atoms with Crippen molar-refractivity contribution in [2.75, 3.05) is 19.8 Å². The molecule has 4 aromatic carbocycles. The molecule has 2 N–H and O–H groups in total. The van der Waals surface area contributed by atoms with E-state index in [1.807, 2.05) is 91.0 Å². The number of azo groups is 2. The van der Waals surface area contributed by atoms with Crippen molar-refractivity contribution in [2.45, 2.75) is 137 Å². The number of aryl methyl sites for hydroxylation is 1. The molecule has 0 aliphatic heterocycles. The van der Waals surface area contributed by atoms with Crippen molar-refractivity contribution < 1.29 is 44.8 Å². The SMILES string of the molecule is CC(O)CC(C)O.CCCCCCOc1c[c-]c(N=Nc2ccc(OCCCCCC)cc2)cc1.CCCCCCOc1ccc(N=Nc2ccc(C)cc2)cc1.[Pd]. The van der Waals surface area contributed by atoms with E-state index in [2.05, 4.69) is 54.2 Å².